The van der Waals surface area contributed by atoms with E-state index in [1.54, 1.807) is 45.6 Å². The minimum atomic E-state index is -1.48. The van der Waals surface area contributed by atoms with Crippen molar-refractivity contribution < 1.29 is 38.7 Å². The lowest BCUT2D eigenvalue weighted by molar-refractivity contribution is -0.338. The summed E-state index contributed by atoms with van der Waals surface area (Å²) in [6.07, 6.45) is 2.82. The maximum atomic E-state index is 14.1. The van der Waals surface area contributed by atoms with Gasteiger partial charge in [0.15, 0.2) is 0 Å². The summed E-state index contributed by atoms with van der Waals surface area (Å²) >= 11 is 0. The molecule has 7 rings (SSSR count). The molecule has 3 unspecified atom stereocenters. The molecule has 12 atom stereocenters. The molecule has 3 N–H and O–H groups in total. The van der Waals surface area contributed by atoms with Gasteiger partial charge in [-0.05, 0) is 50.8 Å². The molecule has 236 valence electrons. The first kappa shape index (κ1) is 29.6. The van der Waals surface area contributed by atoms with Crippen LogP contribution in [0.2, 0.25) is 0 Å². The fraction of sp³-hybridized carbons (Fsp3) is 0.758. The third kappa shape index (κ3) is 3.51. The molecule has 10 heteroatoms. The molecule has 1 aromatic carbocycles. The highest BCUT2D eigenvalue weighted by molar-refractivity contribution is 6.00. The molecule has 10 nitrogen and oxygen atoms in total. The number of ether oxygens (including phenoxy) is 4. The summed E-state index contributed by atoms with van der Waals surface area (Å²) in [5.41, 5.74) is -3.57. The fourth-order valence-electron chi connectivity index (χ4n) is 11.8. The van der Waals surface area contributed by atoms with Crippen molar-refractivity contribution in [2.45, 2.75) is 93.5 Å². The minimum absolute atomic E-state index is 0.0386. The van der Waals surface area contributed by atoms with Gasteiger partial charge in [0.1, 0.15) is 16.8 Å². The number of nitrogens with one attached hydrogen (secondary N) is 1. The van der Waals surface area contributed by atoms with Gasteiger partial charge < -0.3 is 34.5 Å². The first-order chi connectivity index (χ1) is 20.6. The van der Waals surface area contributed by atoms with Crippen molar-refractivity contribution in [3.05, 3.63) is 29.8 Å². The van der Waals surface area contributed by atoms with Gasteiger partial charge in [-0.25, -0.2) is 4.79 Å². The third-order valence-corrected chi connectivity index (χ3v) is 12.7. The molecule has 1 saturated heterocycles. The number of methoxy groups -OCH3 is 3. The molecule has 5 aliphatic carbocycles. The van der Waals surface area contributed by atoms with Crippen molar-refractivity contribution in [1.82, 2.24) is 4.90 Å². The molecule has 0 radical (unpaired) electrons. The van der Waals surface area contributed by atoms with Gasteiger partial charge in [-0.2, -0.15) is 0 Å². The Labute approximate surface area is 253 Å². The average molecular weight is 599 g/mol. The molecular formula is C33H46N2O8. The van der Waals surface area contributed by atoms with Crippen LogP contribution in [0.3, 0.4) is 0 Å². The van der Waals surface area contributed by atoms with Crippen LogP contribution in [0.1, 0.15) is 62.7 Å². The normalized spacial score (nSPS) is 47.3. The number of benzene rings is 1. The second-order valence-electron chi connectivity index (χ2n) is 14.1. The molecule has 0 aromatic heterocycles. The van der Waals surface area contributed by atoms with E-state index in [0.717, 1.165) is 13.0 Å². The molecule has 1 amide bonds. The molecule has 1 spiro atoms. The second-order valence-corrected chi connectivity index (χ2v) is 14.1. The van der Waals surface area contributed by atoms with Gasteiger partial charge in [0, 0.05) is 76.3 Å². The molecule has 1 aromatic rings. The van der Waals surface area contributed by atoms with Crippen LogP contribution in [0.4, 0.5) is 5.69 Å². The Bertz CT molecular complexity index is 1310. The van der Waals surface area contributed by atoms with Crippen molar-refractivity contribution >= 4 is 17.6 Å². The number of rotatable bonds is 8. The van der Waals surface area contributed by atoms with Crippen LogP contribution in [-0.4, -0.2) is 103 Å². The number of esters is 1. The maximum Gasteiger partial charge on any atom is 0.340 e. The zero-order chi connectivity index (χ0) is 30.5. The predicted molar refractivity (Wildman–Crippen MR) is 156 cm³/mol. The summed E-state index contributed by atoms with van der Waals surface area (Å²) in [5.74, 6) is -1.53. The lowest BCUT2D eigenvalue weighted by Crippen LogP contribution is -2.83. The van der Waals surface area contributed by atoms with Crippen LogP contribution >= 0.6 is 0 Å². The number of hydrogen-bond donors (Lipinski definition) is 3. The number of aliphatic hydroxyl groups is 2. The van der Waals surface area contributed by atoms with Crippen LogP contribution in [-0.2, 0) is 23.7 Å². The number of para-hydroxylation sites is 1. The fourth-order valence-corrected chi connectivity index (χ4v) is 11.8. The minimum Gasteiger partial charge on any atom is -0.454 e. The standard InChI is InChI=1S/C33H46N2O8/c1-6-13-35-17-30(43-29(37)19-9-7-8-10-22(19)34-18(2)36)12-11-26(41-4)32-24(30)15-21(27(32)35)31(38)16-23(40-3)20-14-25(32)33(31,39)28(20)42-5/h7-10,20-21,23-28,38-39H,6,11-17H2,1-5H3,(H,34,36)/t20-,21?,23+,24-,25+,26+,27?,28+,30-,31+,32?,33+/m1/s1. The average Bonchev–Trinajstić information content (AvgIpc) is 3.41. The lowest BCUT2D eigenvalue weighted by atomic mass is 9.44. The van der Waals surface area contributed by atoms with E-state index >= 15 is 0 Å². The summed E-state index contributed by atoms with van der Waals surface area (Å²) < 4.78 is 25.2. The van der Waals surface area contributed by atoms with Crippen LogP contribution in [0.15, 0.2) is 24.3 Å². The zero-order valence-electron chi connectivity index (χ0n) is 25.9. The van der Waals surface area contributed by atoms with Crippen molar-refractivity contribution in [3.8, 4) is 0 Å². The van der Waals surface area contributed by atoms with Crippen LogP contribution < -0.4 is 5.32 Å². The number of carbonyl (C=O) groups excluding carboxylic acids is 2. The Morgan fingerprint density at radius 3 is 2.51 bits per heavy atom. The Morgan fingerprint density at radius 2 is 1.84 bits per heavy atom. The quantitative estimate of drug-likeness (QED) is 0.387. The molecule has 6 aliphatic rings. The highest BCUT2D eigenvalue weighted by atomic mass is 16.6. The van der Waals surface area contributed by atoms with Crippen LogP contribution in [0, 0.1) is 29.1 Å². The van der Waals surface area contributed by atoms with E-state index in [1.807, 2.05) is 0 Å². The smallest absolute Gasteiger partial charge is 0.340 e. The van der Waals surface area contributed by atoms with E-state index < -0.39 is 34.3 Å². The number of fused-ring (bicyclic) bond motifs is 2. The molecular weight excluding hydrogens is 552 g/mol. The number of anilines is 1. The Hall–Kier alpha value is -2.08. The molecule has 1 aliphatic heterocycles. The molecule has 5 saturated carbocycles. The van der Waals surface area contributed by atoms with Crippen LogP contribution in [0.25, 0.3) is 0 Å². The largest absolute Gasteiger partial charge is 0.454 e. The van der Waals surface area contributed by atoms with Gasteiger partial charge in [0.05, 0.1) is 29.6 Å². The summed E-state index contributed by atoms with van der Waals surface area (Å²) in [6.45, 7) is 4.90. The van der Waals surface area contributed by atoms with Crippen molar-refractivity contribution in [3.63, 3.8) is 0 Å². The molecule has 1 heterocycles. The van der Waals surface area contributed by atoms with E-state index in [9.17, 15) is 19.8 Å². The number of carbonyl (C=O) groups is 2. The monoisotopic (exact) mass is 598 g/mol. The van der Waals surface area contributed by atoms with Gasteiger partial charge in [0.25, 0.3) is 0 Å². The van der Waals surface area contributed by atoms with Crippen molar-refractivity contribution in [2.75, 3.05) is 39.7 Å². The van der Waals surface area contributed by atoms with E-state index in [-0.39, 0.29) is 47.8 Å². The van der Waals surface area contributed by atoms with E-state index in [1.165, 1.54) is 6.92 Å². The molecule has 6 fully saturated rings. The van der Waals surface area contributed by atoms with Crippen LogP contribution in [0.5, 0.6) is 0 Å². The zero-order valence-corrected chi connectivity index (χ0v) is 25.9. The summed E-state index contributed by atoms with van der Waals surface area (Å²) in [5, 5.41) is 28.6. The summed E-state index contributed by atoms with van der Waals surface area (Å²) in [6, 6.07) is 6.92. The first-order valence-corrected chi connectivity index (χ1v) is 15.9. The number of nitrogens with zero attached hydrogens (tertiary/aromatic N) is 1. The topological polar surface area (TPSA) is 127 Å². The number of piperidine rings is 1. The third-order valence-electron chi connectivity index (χ3n) is 12.7. The van der Waals surface area contributed by atoms with Gasteiger partial charge >= 0.3 is 5.97 Å². The lowest BCUT2D eigenvalue weighted by Gasteiger charge is -2.70. The number of likely N-dealkylation sites (tertiary alicyclic amines) is 1. The number of hydrogen-bond acceptors (Lipinski definition) is 9. The highest BCUT2D eigenvalue weighted by Gasteiger charge is 2.89. The highest BCUT2D eigenvalue weighted by Crippen LogP contribution is 2.79. The maximum absolute atomic E-state index is 14.1. The van der Waals surface area contributed by atoms with Gasteiger partial charge in [-0.1, -0.05) is 19.1 Å². The Morgan fingerprint density at radius 1 is 1.07 bits per heavy atom. The summed E-state index contributed by atoms with van der Waals surface area (Å²) in [7, 11) is 5.07. The Balaban J connectivity index is 1.39. The SMILES string of the molecule is CCCN1C[C@]2(OC(=O)c3ccccc3NC(C)=O)CC[C@H](OC)C34C1C(C[C@@H]32)[C@@]1(O)C[C@H](OC)[C@H]2C[C@@H]4[C@]1(O)[C@H]2OC. The predicted octanol–water partition coefficient (Wildman–Crippen LogP) is 2.61. The van der Waals surface area contributed by atoms with E-state index in [2.05, 4.69) is 17.1 Å². The van der Waals surface area contributed by atoms with Gasteiger partial charge in [0.2, 0.25) is 5.91 Å². The first-order valence-electron chi connectivity index (χ1n) is 15.9. The van der Waals surface area contributed by atoms with E-state index in [0.29, 0.717) is 49.9 Å². The Kier molecular flexibility index (Phi) is 6.86. The van der Waals surface area contributed by atoms with Gasteiger partial charge in [-0.3, -0.25) is 9.69 Å². The van der Waals surface area contributed by atoms with Crippen molar-refractivity contribution in [1.29, 1.82) is 0 Å². The second kappa shape index (κ2) is 9.96. The summed E-state index contributed by atoms with van der Waals surface area (Å²) in [4.78, 5) is 28.5. The molecule has 43 heavy (non-hydrogen) atoms. The molecule has 7 bridgehead atoms. The van der Waals surface area contributed by atoms with Crippen molar-refractivity contribution in [2.24, 2.45) is 29.1 Å². The van der Waals surface area contributed by atoms with E-state index in [4.69, 9.17) is 18.9 Å². The number of amides is 1. The van der Waals surface area contributed by atoms with Gasteiger partial charge in [-0.15, -0.1) is 0 Å².